The summed E-state index contributed by atoms with van der Waals surface area (Å²) in [5.41, 5.74) is 1.38. The maximum atomic E-state index is 11.5. The SMILES string of the molecule is CCCCCC(=O)CCCCc1ccccc1. The first kappa shape index (κ1) is 14.0. The van der Waals surface area contributed by atoms with Crippen LogP contribution in [-0.4, -0.2) is 5.78 Å². The number of aryl methyl sites for hydroxylation is 1. The molecule has 0 bridgehead atoms. The van der Waals surface area contributed by atoms with Gasteiger partial charge in [0, 0.05) is 12.8 Å². The Hall–Kier alpha value is -1.11. The molecule has 0 atom stereocenters. The van der Waals surface area contributed by atoms with Crippen LogP contribution in [0.4, 0.5) is 0 Å². The Morgan fingerprint density at radius 1 is 0.941 bits per heavy atom. The maximum Gasteiger partial charge on any atom is 0.132 e. The minimum absolute atomic E-state index is 0.450. The van der Waals surface area contributed by atoms with E-state index in [0.29, 0.717) is 5.78 Å². The molecule has 0 unspecified atom stereocenters. The quantitative estimate of drug-likeness (QED) is 0.571. The molecule has 94 valence electrons. The van der Waals surface area contributed by atoms with Crippen LogP contribution in [0, 0.1) is 0 Å². The van der Waals surface area contributed by atoms with Gasteiger partial charge in [0.2, 0.25) is 0 Å². The molecule has 1 aromatic carbocycles. The zero-order valence-electron chi connectivity index (χ0n) is 11.0. The Labute approximate surface area is 105 Å². The highest BCUT2D eigenvalue weighted by atomic mass is 16.1. The summed E-state index contributed by atoms with van der Waals surface area (Å²) in [6.07, 6.45) is 8.30. The zero-order chi connectivity index (χ0) is 12.3. The van der Waals surface area contributed by atoms with Crippen molar-refractivity contribution in [1.82, 2.24) is 0 Å². The summed E-state index contributed by atoms with van der Waals surface area (Å²) in [6, 6.07) is 10.5. The first-order valence-corrected chi connectivity index (χ1v) is 6.88. The minimum atomic E-state index is 0.450. The van der Waals surface area contributed by atoms with E-state index >= 15 is 0 Å². The van der Waals surface area contributed by atoms with Gasteiger partial charge < -0.3 is 0 Å². The lowest BCUT2D eigenvalue weighted by atomic mass is 10.0. The Balaban J connectivity index is 2.02. The number of unbranched alkanes of at least 4 members (excludes halogenated alkanes) is 3. The van der Waals surface area contributed by atoms with Crippen LogP contribution in [0.2, 0.25) is 0 Å². The fourth-order valence-corrected chi connectivity index (χ4v) is 1.99. The summed E-state index contributed by atoms with van der Waals surface area (Å²) >= 11 is 0. The fraction of sp³-hybridized carbons (Fsp3) is 0.562. The molecular weight excluding hydrogens is 208 g/mol. The lowest BCUT2D eigenvalue weighted by Crippen LogP contribution is -1.98. The number of carbonyl (C=O) groups is 1. The largest absolute Gasteiger partial charge is 0.300 e. The van der Waals surface area contributed by atoms with Crippen LogP contribution in [0.3, 0.4) is 0 Å². The van der Waals surface area contributed by atoms with Crippen molar-refractivity contribution in [1.29, 1.82) is 0 Å². The lowest BCUT2D eigenvalue weighted by molar-refractivity contribution is -0.119. The molecule has 0 aliphatic carbocycles. The second-order valence-electron chi connectivity index (χ2n) is 4.69. The number of hydrogen-bond donors (Lipinski definition) is 0. The van der Waals surface area contributed by atoms with Gasteiger partial charge in [0.1, 0.15) is 5.78 Å². The zero-order valence-corrected chi connectivity index (χ0v) is 11.0. The molecule has 1 nitrogen and oxygen atoms in total. The molecule has 0 saturated carbocycles. The Morgan fingerprint density at radius 2 is 1.59 bits per heavy atom. The van der Waals surface area contributed by atoms with Crippen LogP contribution in [-0.2, 0) is 11.2 Å². The molecule has 0 aliphatic rings. The third-order valence-corrected chi connectivity index (χ3v) is 3.07. The van der Waals surface area contributed by atoms with Crippen LogP contribution in [0.25, 0.3) is 0 Å². The smallest absolute Gasteiger partial charge is 0.132 e. The molecule has 1 rings (SSSR count). The number of Topliss-reactive ketones (excluding diaryl/α,β-unsaturated/α-hetero) is 1. The number of hydrogen-bond acceptors (Lipinski definition) is 1. The van der Waals surface area contributed by atoms with Crippen molar-refractivity contribution >= 4 is 5.78 Å². The molecule has 1 aromatic rings. The van der Waals surface area contributed by atoms with Gasteiger partial charge in [-0.3, -0.25) is 4.79 Å². The van der Waals surface area contributed by atoms with Crippen molar-refractivity contribution in [2.24, 2.45) is 0 Å². The summed E-state index contributed by atoms with van der Waals surface area (Å²) in [5.74, 6) is 0.450. The van der Waals surface area contributed by atoms with E-state index < -0.39 is 0 Å². The number of ketones is 1. The first-order valence-electron chi connectivity index (χ1n) is 6.88. The number of benzene rings is 1. The molecule has 17 heavy (non-hydrogen) atoms. The van der Waals surface area contributed by atoms with Crippen LogP contribution in [0.5, 0.6) is 0 Å². The highest BCUT2D eigenvalue weighted by Crippen LogP contribution is 2.09. The van der Waals surface area contributed by atoms with Gasteiger partial charge in [-0.2, -0.15) is 0 Å². The van der Waals surface area contributed by atoms with E-state index in [-0.39, 0.29) is 0 Å². The minimum Gasteiger partial charge on any atom is -0.300 e. The van der Waals surface area contributed by atoms with Gasteiger partial charge in [-0.05, 0) is 31.2 Å². The third kappa shape index (κ3) is 6.93. The van der Waals surface area contributed by atoms with E-state index in [1.165, 1.54) is 18.4 Å². The normalized spacial score (nSPS) is 10.4. The summed E-state index contributed by atoms with van der Waals surface area (Å²) in [4.78, 5) is 11.5. The van der Waals surface area contributed by atoms with E-state index in [0.717, 1.165) is 38.5 Å². The van der Waals surface area contributed by atoms with Crippen LogP contribution in [0.15, 0.2) is 30.3 Å². The summed E-state index contributed by atoms with van der Waals surface area (Å²) in [6.45, 7) is 2.17. The van der Waals surface area contributed by atoms with Crippen molar-refractivity contribution in [2.45, 2.75) is 58.3 Å². The van der Waals surface area contributed by atoms with Crippen LogP contribution >= 0.6 is 0 Å². The Kier molecular flexibility index (Phi) is 7.37. The molecule has 0 aromatic heterocycles. The van der Waals surface area contributed by atoms with E-state index in [1.54, 1.807) is 0 Å². The monoisotopic (exact) mass is 232 g/mol. The topological polar surface area (TPSA) is 17.1 Å². The first-order chi connectivity index (χ1) is 8.33. The molecular formula is C16H24O. The van der Waals surface area contributed by atoms with Gasteiger partial charge in [0.25, 0.3) is 0 Å². The molecule has 0 aliphatic heterocycles. The molecule has 0 heterocycles. The summed E-state index contributed by atoms with van der Waals surface area (Å²) in [5, 5.41) is 0. The molecule has 0 N–H and O–H groups in total. The lowest BCUT2D eigenvalue weighted by Gasteiger charge is -2.02. The number of carbonyl (C=O) groups excluding carboxylic acids is 1. The molecule has 0 fully saturated rings. The van der Waals surface area contributed by atoms with E-state index in [9.17, 15) is 4.79 Å². The van der Waals surface area contributed by atoms with Gasteiger partial charge in [-0.1, -0.05) is 50.1 Å². The predicted octanol–water partition coefficient (Wildman–Crippen LogP) is 4.55. The third-order valence-electron chi connectivity index (χ3n) is 3.07. The molecule has 0 radical (unpaired) electrons. The Morgan fingerprint density at radius 3 is 2.24 bits per heavy atom. The van der Waals surface area contributed by atoms with Gasteiger partial charge in [-0.15, -0.1) is 0 Å². The van der Waals surface area contributed by atoms with E-state index in [4.69, 9.17) is 0 Å². The second kappa shape index (κ2) is 8.98. The van der Waals surface area contributed by atoms with Gasteiger partial charge >= 0.3 is 0 Å². The average molecular weight is 232 g/mol. The fourth-order valence-electron chi connectivity index (χ4n) is 1.99. The van der Waals surface area contributed by atoms with Gasteiger partial charge in [0.05, 0.1) is 0 Å². The van der Waals surface area contributed by atoms with E-state index in [1.807, 2.05) is 6.07 Å². The molecule has 0 spiro atoms. The molecule has 1 heteroatoms. The van der Waals surface area contributed by atoms with Crippen molar-refractivity contribution in [3.05, 3.63) is 35.9 Å². The van der Waals surface area contributed by atoms with Gasteiger partial charge in [0.15, 0.2) is 0 Å². The second-order valence-corrected chi connectivity index (χ2v) is 4.69. The molecule has 0 saturated heterocycles. The van der Waals surface area contributed by atoms with E-state index in [2.05, 4.69) is 31.2 Å². The summed E-state index contributed by atoms with van der Waals surface area (Å²) < 4.78 is 0. The summed E-state index contributed by atoms with van der Waals surface area (Å²) in [7, 11) is 0. The van der Waals surface area contributed by atoms with Crippen LogP contribution < -0.4 is 0 Å². The van der Waals surface area contributed by atoms with Gasteiger partial charge in [-0.25, -0.2) is 0 Å². The molecule has 0 amide bonds. The van der Waals surface area contributed by atoms with Crippen molar-refractivity contribution in [3.8, 4) is 0 Å². The maximum absolute atomic E-state index is 11.5. The van der Waals surface area contributed by atoms with Crippen molar-refractivity contribution < 1.29 is 4.79 Å². The Bertz CT molecular complexity index is 303. The highest BCUT2D eigenvalue weighted by molar-refractivity contribution is 5.78. The van der Waals surface area contributed by atoms with Crippen LogP contribution in [0.1, 0.15) is 57.4 Å². The standard InChI is InChI=1S/C16H24O/c1-2-3-5-13-16(17)14-9-8-12-15-10-6-4-7-11-15/h4,6-7,10-11H,2-3,5,8-9,12-14H2,1H3. The van der Waals surface area contributed by atoms with Crippen molar-refractivity contribution in [3.63, 3.8) is 0 Å². The van der Waals surface area contributed by atoms with Crippen molar-refractivity contribution in [2.75, 3.05) is 0 Å². The number of rotatable bonds is 9. The predicted molar refractivity (Wildman–Crippen MR) is 73.1 cm³/mol. The highest BCUT2D eigenvalue weighted by Gasteiger charge is 2.01. The average Bonchev–Trinajstić information content (AvgIpc) is 2.36.